The van der Waals surface area contributed by atoms with Gasteiger partial charge in [-0.3, -0.25) is 0 Å². The standard InChI is InChI=1S/C40H33BN2S2/c1-44(2)34-20-10-8-18-30(34)42-32-24-27(26-14-6-5-7-15-26)25-33-38(32)41(28-16-12-22-36(44)39(28)42)29-17-13-23-37-40(29)43(33)31-19-9-11-21-35(31)45(37,3)4/h5-25H,1-4H3. The van der Waals surface area contributed by atoms with Gasteiger partial charge in [-0.1, -0.05) is 78.9 Å². The maximum absolute atomic E-state index is 2.62. The van der Waals surface area contributed by atoms with E-state index < -0.39 is 20.1 Å². The van der Waals surface area contributed by atoms with Crippen LogP contribution in [0.5, 0.6) is 0 Å². The van der Waals surface area contributed by atoms with Crippen LogP contribution in [0.1, 0.15) is 0 Å². The molecule has 5 heteroatoms. The molecule has 2 nitrogen and oxygen atoms in total. The van der Waals surface area contributed by atoms with Crippen LogP contribution < -0.4 is 26.2 Å². The van der Waals surface area contributed by atoms with Crippen molar-refractivity contribution in [3.8, 4) is 11.1 Å². The highest BCUT2D eigenvalue weighted by molar-refractivity contribution is 8.33. The van der Waals surface area contributed by atoms with Crippen LogP contribution in [0.4, 0.5) is 34.1 Å². The molecule has 218 valence electrons. The van der Waals surface area contributed by atoms with Crippen LogP contribution in [-0.2, 0) is 0 Å². The van der Waals surface area contributed by atoms with Crippen molar-refractivity contribution in [3.05, 3.63) is 127 Å². The second-order valence-corrected chi connectivity index (χ2v) is 20.4. The van der Waals surface area contributed by atoms with Gasteiger partial charge in [0.1, 0.15) is 0 Å². The fourth-order valence-electron chi connectivity index (χ4n) is 8.54. The molecule has 4 heterocycles. The van der Waals surface area contributed by atoms with E-state index in [9.17, 15) is 0 Å². The third-order valence-corrected chi connectivity index (χ3v) is 16.3. The first-order valence-electron chi connectivity index (χ1n) is 15.6. The molecule has 0 atom stereocenters. The van der Waals surface area contributed by atoms with Crippen molar-refractivity contribution < 1.29 is 0 Å². The van der Waals surface area contributed by atoms with Crippen molar-refractivity contribution in [2.24, 2.45) is 0 Å². The first-order valence-corrected chi connectivity index (χ1v) is 20.5. The maximum atomic E-state index is 2.62. The van der Waals surface area contributed by atoms with Crippen molar-refractivity contribution in [1.29, 1.82) is 0 Å². The molecule has 45 heavy (non-hydrogen) atoms. The van der Waals surface area contributed by atoms with Gasteiger partial charge >= 0.3 is 0 Å². The summed E-state index contributed by atoms with van der Waals surface area (Å²) in [5.74, 6) is 0. The highest BCUT2D eigenvalue weighted by Crippen LogP contribution is 2.70. The van der Waals surface area contributed by atoms with Gasteiger partial charge in [-0.2, -0.15) is 20.1 Å². The molecule has 0 aliphatic carbocycles. The summed E-state index contributed by atoms with van der Waals surface area (Å²) in [6.45, 7) is 0.165. The van der Waals surface area contributed by atoms with E-state index in [0.29, 0.717) is 0 Å². The zero-order chi connectivity index (χ0) is 30.2. The van der Waals surface area contributed by atoms with Gasteiger partial charge in [0.05, 0.1) is 22.7 Å². The topological polar surface area (TPSA) is 6.48 Å². The van der Waals surface area contributed by atoms with Crippen molar-refractivity contribution in [1.82, 2.24) is 0 Å². The zero-order valence-corrected chi connectivity index (χ0v) is 27.5. The van der Waals surface area contributed by atoms with E-state index in [1.165, 1.54) is 81.2 Å². The van der Waals surface area contributed by atoms with Crippen molar-refractivity contribution in [3.63, 3.8) is 0 Å². The van der Waals surface area contributed by atoms with Crippen molar-refractivity contribution in [2.75, 3.05) is 34.8 Å². The van der Waals surface area contributed by atoms with Gasteiger partial charge in [0.2, 0.25) is 0 Å². The molecule has 6 aromatic carbocycles. The van der Waals surface area contributed by atoms with Crippen LogP contribution in [-0.4, -0.2) is 31.7 Å². The van der Waals surface area contributed by atoms with E-state index >= 15 is 0 Å². The highest BCUT2D eigenvalue weighted by Gasteiger charge is 2.49. The Balaban J connectivity index is 1.40. The Labute approximate surface area is 269 Å². The van der Waals surface area contributed by atoms with Crippen molar-refractivity contribution in [2.45, 2.75) is 19.6 Å². The summed E-state index contributed by atoms with van der Waals surface area (Å²) in [4.78, 5) is 11.1. The molecule has 0 bridgehead atoms. The zero-order valence-electron chi connectivity index (χ0n) is 25.9. The van der Waals surface area contributed by atoms with E-state index in [4.69, 9.17) is 0 Å². The molecule has 4 aliphatic heterocycles. The number of fused-ring (bicyclic) bond motifs is 8. The van der Waals surface area contributed by atoms with Crippen LogP contribution in [0.15, 0.2) is 147 Å². The minimum Gasteiger partial charge on any atom is -0.309 e. The molecule has 4 aliphatic rings. The fourth-order valence-corrected chi connectivity index (χ4v) is 13.4. The summed E-state index contributed by atoms with van der Waals surface area (Å²) in [6.07, 6.45) is 9.93. The van der Waals surface area contributed by atoms with Gasteiger partial charge in [-0.25, -0.2) is 0 Å². The molecule has 0 radical (unpaired) electrons. The van der Waals surface area contributed by atoms with Gasteiger partial charge < -0.3 is 9.80 Å². The normalized spacial score (nSPS) is 18.1. The third kappa shape index (κ3) is 3.15. The van der Waals surface area contributed by atoms with Crippen LogP contribution in [0.3, 0.4) is 0 Å². The van der Waals surface area contributed by atoms with E-state index in [1.54, 1.807) is 0 Å². The molecule has 0 fully saturated rings. The molecule has 0 saturated carbocycles. The lowest BCUT2D eigenvalue weighted by Crippen LogP contribution is -2.62. The molecule has 0 N–H and O–H groups in total. The number of anilines is 6. The Morgan fingerprint density at radius 1 is 0.422 bits per heavy atom. The predicted molar refractivity (Wildman–Crippen MR) is 198 cm³/mol. The van der Waals surface area contributed by atoms with Gasteiger partial charge in [-0.05, 0) is 101 Å². The third-order valence-electron chi connectivity index (χ3n) is 10.6. The number of rotatable bonds is 1. The first kappa shape index (κ1) is 26.0. The van der Waals surface area contributed by atoms with Gasteiger partial charge in [0.25, 0.3) is 6.71 Å². The maximum Gasteiger partial charge on any atom is 0.252 e. The molecule has 0 unspecified atom stereocenters. The van der Waals surface area contributed by atoms with Gasteiger partial charge in [0, 0.05) is 31.0 Å². The molecule has 10 rings (SSSR count). The lowest BCUT2D eigenvalue weighted by molar-refractivity contribution is 1.13. The highest BCUT2D eigenvalue weighted by atomic mass is 32.3. The number of hydrogen-bond acceptors (Lipinski definition) is 2. The number of benzene rings is 6. The van der Waals surface area contributed by atoms with Crippen LogP contribution in [0.2, 0.25) is 0 Å². The lowest BCUT2D eigenvalue weighted by atomic mass is 9.33. The van der Waals surface area contributed by atoms with Gasteiger partial charge in [-0.15, -0.1) is 0 Å². The minimum atomic E-state index is -1.22. The minimum absolute atomic E-state index is 0.165. The van der Waals surface area contributed by atoms with Crippen LogP contribution in [0.25, 0.3) is 11.1 Å². The molecule has 0 amide bonds. The van der Waals surface area contributed by atoms with Crippen LogP contribution >= 0.6 is 20.1 Å². The smallest absolute Gasteiger partial charge is 0.252 e. The largest absolute Gasteiger partial charge is 0.309 e. The molecule has 0 saturated heterocycles. The average molecular weight is 617 g/mol. The Morgan fingerprint density at radius 2 is 0.867 bits per heavy atom. The predicted octanol–water partition coefficient (Wildman–Crippen LogP) is 9.03. The quantitative estimate of drug-likeness (QED) is 0.170. The summed E-state index contributed by atoms with van der Waals surface area (Å²) in [5, 5.41) is 0. The SMILES string of the molecule is CS1(C)c2ccccc2N2c3cc(-c4ccccc4)cc4c3B(c3cccc1c32)c1cccc2c1N4c1ccccc1S2(C)C. The fraction of sp³-hybridized carbons (Fsp3) is 0.100. The van der Waals surface area contributed by atoms with Crippen molar-refractivity contribution >= 4 is 77.3 Å². The van der Waals surface area contributed by atoms with E-state index in [-0.39, 0.29) is 6.71 Å². The molecular formula is C40H33BN2S2. The number of hydrogen-bond donors (Lipinski definition) is 0. The van der Waals surface area contributed by atoms with Gasteiger partial charge in [0.15, 0.2) is 0 Å². The Kier molecular flexibility index (Phi) is 5.01. The van der Waals surface area contributed by atoms with E-state index in [0.717, 1.165) is 0 Å². The van der Waals surface area contributed by atoms with E-state index in [1.807, 2.05) is 0 Å². The molecule has 6 aromatic rings. The van der Waals surface area contributed by atoms with E-state index in [2.05, 4.69) is 162 Å². The Morgan fingerprint density at radius 3 is 1.38 bits per heavy atom. The van der Waals surface area contributed by atoms with Crippen LogP contribution in [0, 0.1) is 0 Å². The monoisotopic (exact) mass is 616 g/mol. The molecular weight excluding hydrogens is 583 g/mol. The summed E-state index contributed by atoms with van der Waals surface area (Å²) in [5.41, 5.74) is 14.9. The number of para-hydroxylation sites is 4. The second kappa shape index (κ2) is 8.69. The number of nitrogens with zero attached hydrogens (tertiary/aromatic N) is 2. The molecule has 0 aromatic heterocycles. The molecule has 0 spiro atoms. The summed E-state index contributed by atoms with van der Waals surface area (Å²) in [6, 6.07) is 48.5. The summed E-state index contributed by atoms with van der Waals surface area (Å²) in [7, 11) is -2.44. The summed E-state index contributed by atoms with van der Waals surface area (Å²) < 4.78 is 0. The summed E-state index contributed by atoms with van der Waals surface area (Å²) >= 11 is 0. The Hall–Kier alpha value is -4.32. The second-order valence-electron chi connectivity index (χ2n) is 13.4. The Bertz CT molecular complexity index is 2120. The lowest BCUT2D eigenvalue weighted by Gasteiger charge is -2.53. The average Bonchev–Trinajstić information content (AvgIpc) is 3.07. The first-order chi connectivity index (χ1) is 21.9.